The number of unbranched alkanes of at least 4 members (excludes halogenated alkanes) is 1. The first kappa shape index (κ1) is 19.4. The van der Waals surface area contributed by atoms with Gasteiger partial charge in [0.05, 0.1) is 0 Å². The van der Waals surface area contributed by atoms with Crippen molar-refractivity contribution in [3.63, 3.8) is 0 Å². The number of hydrogen-bond donors (Lipinski definition) is 2. The van der Waals surface area contributed by atoms with Gasteiger partial charge in [-0.3, -0.25) is 4.99 Å². The predicted molar refractivity (Wildman–Crippen MR) is 91.6 cm³/mol. The van der Waals surface area contributed by atoms with Gasteiger partial charge in [0.25, 0.3) is 0 Å². The molecule has 1 aromatic carbocycles. The zero-order chi connectivity index (χ0) is 17.1. The minimum atomic E-state index is -0.442. The van der Waals surface area contributed by atoms with Crippen molar-refractivity contribution in [3.05, 3.63) is 35.4 Å². The van der Waals surface area contributed by atoms with Crippen molar-refractivity contribution in [2.45, 2.75) is 33.2 Å². The fourth-order valence-corrected chi connectivity index (χ4v) is 2.29. The van der Waals surface area contributed by atoms with E-state index in [0.717, 1.165) is 51.2 Å². The van der Waals surface area contributed by atoms with E-state index in [1.54, 1.807) is 7.05 Å². The molecule has 0 aliphatic carbocycles. The Kier molecular flexibility index (Phi) is 9.21. The van der Waals surface area contributed by atoms with E-state index in [2.05, 4.69) is 34.4 Å². The van der Waals surface area contributed by atoms with Gasteiger partial charge in [-0.1, -0.05) is 13.8 Å². The Labute approximate surface area is 138 Å². The Morgan fingerprint density at radius 2 is 1.87 bits per heavy atom. The maximum atomic E-state index is 13.5. The summed E-state index contributed by atoms with van der Waals surface area (Å²) in [6.45, 7) is 8.57. The summed E-state index contributed by atoms with van der Waals surface area (Å²) in [7, 11) is 1.66. The average molecular weight is 326 g/mol. The molecule has 4 nitrogen and oxygen atoms in total. The maximum absolute atomic E-state index is 13.5. The lowest BCUT2D eigenvalue weighted by molar-refractivity contribution is 0.297. The lowest BCUT2D eigenvalue weighted by atomic mass is 10.2. The van der Waals surface area contributed by atoms with Crippen molar-refractivity contribution >= 4 is 5.96 Å². The minimum Gasteiger partial charge on any atom is -0.356 e. The van der Waals surface area contributed by atoms with Crippen LogP contribution in [0.2, 0.25) is 0 Å². The highest BCUT2D eigenvalue weighted by Gasteiger charge is 2.05. The molecule has 0 aliphatic heterocycles. The monoisotopic (exact) mass is 326 g/mol. The summed E-state index contributed by atoms with van der Waals surface area (Å²) in [6.07, 6.45) is 2.15. The fourth-order valence-electron chi connectivity index (χ4n) is 2.29. The molecule has 0 saturated carbocycles. The molecule has 0 amide bonds. The Morgan fingerprint density at radius 1 is 1.13 bits per heavy atom. The fraction of sp³-hybridized carbons (Fsp3) is 0.588. The molecule has 0 bridgehead atoms. The van der Waals surface area contributed by atoms with E-state index in [-0.39, 0.29) is 12.1 Å². The first-order valence-electron chi connectivity index (χ1n) is 8.21. The van der Waals surface area contributed by atoms with Crippen LogP contribution >= 0.6 is 0 Å². The summed E-state index contributed by atoms with van der Waals surface area (Å²) < 4.78 is 26.7. The van der Waals surface area contributed by atoms with Crippen LogP contribution in [0.3, 0.4) is 0 Å². The first-order valence-corrected chi connectivity index (χ1v) is 8.21. The van der Waals surface area contributed by atoms with Gasteiger partial charge < -0.3 is 15.5 Å². The Bertz CT molecular complexity index is 487. The van der Waals surface area contributed by atoms with Gasteiger partial charge in [0.15, 0.2) is 5.96 Å². The third kappa shape index (κ3) is 7.41. The van der Waals surface area contributed by atoms with E-state index >= 15 is 0 Å². The molecule has 0 fully saturated rings. The van der Waals surface area contributed by atoms with Crippen molar-refractivity contribution in [2.75, 3.05) is 33.2 Å². The zero-order valence-electron chi connectivity index (χ0n) is 14.3. The third-order valence-corrected chi connectivity index (χ3v) is 3.77. The maximum Gasteiger partial charge on any atom is 0.191 e. The summed E-state index contributed by atoms with van der Waals surface area (Å²) in [6, 6.07) is 3.44. The van der Waals surface area contributed by atoms with Gasteiger partial charge in [-0.05, 0) is 50.7 Å². The van der Waals surface area contributed by atoms with Crippen molar-refractivity contribution in [1.82, 2.24) is 15.5 Å². The number of hydrogen-bond acceptors (Lipinski definition) is 2. The largest absolute Gasteiger partial charge is 0.356 e. The van der Waals surface area contributed by atoms with Crippen molar-refractivity contribution in [1.29, 1.82) is 0 Å². The van der Waals surface area contributed by atoms with E-state index < -0.39 is 11.6 Å². The number of benzene rings is 1. The molecule has 0 aliphatic rings. The SMILES string of the molecule is CCN(CC)CCCCNC(=NC)NCc1cc(F)ccc1F. The Hall–Kier alpha value is -1.69. The molecule has 0 atom stereocenters. The van der Waals surface area contributed by atoms with Crippen LogP contribution in [0, 0.1) is 11.6 Å². The minimum absolute atomic E-state index is 0.197. The van der Waals surface area contributed by atoms with Gasteiger partial charge in [-0.15, -0.1) is 0 Å². The van der Waals surface area contributed by atoms with Crippen LogP contribution < -0.4 is 10.6 Å². The number of aliphatic imine (C=N–C) groups is 1. The molecule has 6 heteroatoms. The summed E-state index contributed by atoms with van der Waals surface area (Å²) in [5.74, 6) is -0.271. The number of rotatable bonds is 9. The molecular formula is C17H28F2N4. The van der Waals surface area contributed by atoms with Crippen LogP contribution in [0.1, 0.15) is 32.3 Å². The van der Waals surface area contributed by atoms with Crippen LogP contribution in [-0.2, 0) is 6.54 Å². The van der Waals surface area contributed by atoms with Gasteiger partial charge in [0.1, 0.15) is 11.6 Å². The van der Waals surface area contributed by atoms with Crippen molar-refractivity contribution in [3.8, 4) is 0 Å². The van der Waals surface area contributed by atoms with Crippen LogP contribution in [-0.4, -0.2) is 44.1 Å². The molecule has 130 valence electrons. The Morgan fingerprint density at radius 3 is 2.52 bits per heavy atom. The van der Waals surface area contributed by atoms with E-state index in [1.165, 1.54) is 6.07 Å². The highest BCUT2D eigenvalue weighted by molar-refractivity contribution is 5.79. The number of halogens is 2. The van der Waals surface area contributed by atoms with Crippen molar-refractivity contribution in [2.24, 2.45) is 4.99 Å². The standard InChI is InChI=1S/C17H28F2N4/c1-4-23(5-2)11-7-6-10-21-17(20-3)22-13-14-12-15(18)8-9-16(14)19/h8-9,12H,4-7,10-11,13H2,1-3H3,(H2,20,21,22). The smallest absolute Gasteiger partial charge is 0.191 e. The predicted octanol–water partition coefficient (Wildman–Crippen LogP) is 2.75. The molecule has 2 N–H and O–H groups in total. The molecule has 1 aromatic rings. The van der Waals surface area contributed by atoms with Gasteiger partial charge >= 0.3 is 0 Å². The van der Waals surface area contributed by atoms with Crippen LogP contribution in [0.5, 0.6) is 0 Å². The molecule has 0 unspecified atom stereocenters. The van der Waals surface area contributed by atoms with Gasteiger partial charge in [0.2, 0.25) is 0 Å². The van der Waals surface area contributed by atoms with E-state index in [1.807, 2.05) is 0 Å². The molecule has 0 radical (unpaired) electrons. The molecule has 1 rings (SSSR count). The summed E-state index contributed by atoms with van der Waals surface area (Å²) in [4.78, 5) is 6.48. The van der Waals surface area contributed by atoms with Gasteiger partial charge in [-0.2, -0.15) is 0 Å². The topological polar surface area (TPSA) is 39.7 Å². The molecule has 0 aromatic heterocycles. The second-order valence-corrected chi connectivity index (χ2v) is 5.32. The number of nitrogens with one attached hydrogen (secondary N) is 2. The Balaban J connectivity index is 2.28. The summed E-state index contributed by atoms with van der Waals surface area (Å²) in [5.41, 5.74) is 0.287. The van der Waals surface area contributed by atoms with Crippen molar-refractivity contribution < 1.29 is 8.78 Å². The lowest BCUT2D eigenvalue weighted by Crippen LogP contribution is -2.37. The lowest BCUT2D eigenvalue weighted by Gasteiger charge is -2.18. The molecule has 23 heavy (non-hydrogen) atoms. The highest BCUT2D eigenvalue weighted by atomic mass is 19.1. The van der Waals surface area contributed by atoms with Crippen LogP contribution in [0.25, 0.3) is 0 Å². The average Bonchev–Trinajstić information content (AvgIpc) is 2.56. The summed E-state index contributed by atoms with van der Waals surface area (Å²) in [5, 5.41) is 6.19. The van der Waals surface area contributed by atoms with Gasteiger partial charge in [-0.25, -0.2) is 8.78 Å². The third-order valence-electron chi connectivity index (χ3n) is 3.77. The van der Waals surface area contributed by atoms with Crippen LogP contribution in [0.15, 0.2) is 23.2 Å². The van der Waals surface area contributed by atoms with Crippen LogP contribution in [0.4, 0.5) is 8.78 Å². The number of guanidine groups is 1. The second-order valence-electron chi connectivity index (χ2n) is 5.32. The van der Waals surface area contributed by atoms with E-state index in [0.29, 0.717) is 5.96 Å². The van der Waals surface area contributed by atoms with E-state index in [9.17, 15) is 8.78 Å². The summed E-state index contributed by atoms with van der Waals surface area (Å²) >= 11 is 0. The molecular weight excluding hydrogens is 298 g/mol. The second kappa shape index (κ2) is 10.9. The van der Waals surface area contributed by atoms with E-state index in [4.69, 9.17) is 0 Å². The first-order chi connectivity index (χ1) is 11.1. The quantitative estimate of drug-likeness (QED) is 0.416. The zero-order valence-corrected chi connectivity index (χ0v) is 14.3. The number of nitrogens with zero attached hydrogens (tertiary/aromatic N) is 2. The van der Waals surface area contributed by atoms with Gasteiger partial charge in [0, 0.05) is 25.7 Å². The highest BCUT2D eigenvalue weighted by Crippen LogP contribution is 2.09. The molecule has 0 heterocycles. The normalized spacial score (nSPS) is 11.8. The molecule has 0 saturated heterocycles. The molecule has 0 spiro atoms.